The van der Waals surface area contributed by atoms with Crippen LogP contribution in [0.4, 0.5) is 5.69 Å². The zero-order valence-corrected chi connectivity index (χ0v) is 13.9. The van der Waals surface area contributed by atoms with Crippen molar-refractivity contribution < 1.29 is 4.79 Å². The van der Waals surface area contributed by atoms with Crippen molar-refractivity contribution in [2.75, 3.05) is 5.32 Å². The van der Waals surface area contributed by atoms with Crippen LogP contribution in [0.15, 0.2) is 23.0 Å². The highest BCUT2D eigenvalue weighted by molar-refractivity contribution is 7.18. The molecule has 2 heterocycles. The van der Waals surface area contributed by atoms with E-state index in [1.807, 2.05) is 13.8 Å². The van der Waals surface area contributed by atoms with Gasteiger partial charge in [-0.15, -0.1) is 11.3 Å². The zero-order chi connectivity index (χ0) is 15.6. The quantitative estimate of drug-likeness (QED) is 0.909. The molecule has 112 valence electrons. The number of halogens is 2. The molecular formula is C14H14Cl2N2O2S. The summed E-state index contributed by atoms with van der Waals surface area (Å²) >= 11 is 12.8. The third kappa shape index (κ3) is 3.31. The molecule has 0 unspecified atom stereocenters. The van der Waals surface area contributed by atoms with Crippen molar-refractivity contribution >= 4 is 46.1 Å². The Kier molecular flexibility index (Phi) is 5.08. The van der Waals surface area contributed by atoms with Gasteiger partial charge in [0.05, 0.1) is 15.6 Å². The van der Waals surface area contributed by atoms with Gasteiger partial charge in [0.25, 0.3) is 11.5 Å². The lowest BCUT2D eigenvalue weighted by Crippen LogP contribution is -2.24. The summed E-state index contributed by atoms with van der Waals surface area (Å²) in [4.78, 5) is 24.5. The normalized spacial score (nSPS) is 10.7. The Balaban J connectivity index is 2.35. The first-order valence-electron chi connectivity index (χ1n) is 6.46. The standard InChI is InChI=1S/C14H14Cl2N2O2S/c1-3-10-9(5-6-12(19)18(10)4-2)17-14(20)11-7-8(15)13(16)21-11/h5-7H,3-4H2,1-2H3,(H,17,20). The Bertz CT molecular complexity index is 718. The van der Waals surface area contributed by atoms with Gasteiger partial charge in [-0.05, 0) is 25.5 Å². The summed E-state index contributed by atoms with van der Waals surface area (Å²) in [5.74, 6) is -0.287. The van der Waals surface area contributed by atoms with Crippen molar-refractivity contribution in [1.29, 1.82) is 0 Å². The average Bonchev–Trinajstić information content (AvgIpc) is 2.80. The van der Waals surface area contributed by atoms with Crippen LogP contribution in [-0.4, -0.2) is 10.5 Å². The van der Waals surface area contributed by atoms with Crippen LogP contribution in [0.1, 0.15) is 29.2 Å². The highest BCUT2D eigenvalue weighted by atomic mass is 35.5. The van der Waals surface area contributed by atoms with Crippen LogP contribution in [0, 0.1) is 0 Å². The number of pyridine rings is 1. The van der Waals surface area contributed by atoms with Gasteiger partial charge >= 0.3 is 0 Å². The molecule has 0 aliphatic rings. The maximum atomic E-state index is 12.2. The molecule has 1 amide bonds. The molecule has 0 aliphatic carbocycles. The van der Waals surface area contributed by atoms with Crippen molar-refractivity contribution in [1.82, 2.24) is 4.57 Å². The van der Waals surface area contributed by atoms with Gasteiger partial charge in [0.15, 0.2) is 0 Å². The van der Waals surface area contributed by atoms with E-state index >= 15 is 0 Å². The van der Waals surface area contributed by atoms with Crippen molar-refractivity contribution in [3.05, 3.63) is 48.5 Å². The maximum absolute atomic E-state index is 12.2. The Hall–Kier alpha value is -1.30. The number of carbonyl (C=O) groups excluding carboxylic acids is 1. The van der Waals surface area contributed by atoms with Crippen LogP contribution in [-0.2, 0) is 13.0 Å². The van der Waals surface area contributed by atoms with Gasteiger partial charge in [0, 0.05) is 18.3 Å². The van der Waals surface area contributed by atoms with Gasteiger partial charge in [0.1, 0.15) is 4.34 Å². The molecule has 1 N–H and O–H groups in total. The smallest absolute Gasteiger partial charge is 0.265 e. The van der Waals surface area contributed by atoms with E-state index in [1.165, 1.54) is 12.1 Å². The first kappa shape index (κ1) is 16.1. The van der Waals surface area contributed by atoms with Crippen LogP contribution in [0.2, 0.25) is 9.36 Å². The predicted octanol–water partition coefficient (Wildman–Crippen LogP) is 4.05. The van der Waals surface area contributed by atoms with Crippen molar-refractivity contribution in [2.24, 2.45) is 0 Å². The van der Waals surface area contributed by atoms with Gasteiger partial charge in [-0.1, -0.05) is 30.1 Å². The molecule has 4 nitrogen and oxygen atoms in total. The maximum Gasteiger partial charge on any atom is 0.265 e. The summed E-state index contributed by atoms with van der Waals surface area (Å²) in [6.45, 7) is 4.39. The molecular weight excluding hydrogens is 331 g/mol. The van der Waals surface area contributed by atoms with Crippen LogP contribution in [0.3, 0.4) is 0 Å². The highest BCUT2D eigenvalue weighted by Gasteiger charge is 2.15. The Morgan fingerprint density at radius 2 is 2.05 bits per heavy atom. The third-order valence-corrected chi connectivity index (χ3v) is 4.93. The number of thiophene rings is 1. The van der Waals surface area contributed by atoms with Gasteiger partial charge in [-0.3, -0.25) is 9.59 Å². The predicted molar refractivity (Wildman–Crippen MR) is 88.0 cm³/mol. The number of carbonyl (C=O) groups is 1. The molecule has 0 fully saturated rings. The molecule has 0 spiro atoms. The van der Waals surface area contributed by atoms with E-state index in [2.05, 4.69) is 5.32 Å². The van der Waals surface area contributed by atoms with Crippen LogP contribution >= 0.6 is 34.5 Å². The van der Waals surface area contributed by atoms with Crippen LogP contribution in [0.5, 0.6) is 0 Å². The summed E-state index contributed by atoms with van der Waals surface area (Å²) in [6, 6.07) is 4.61. The zero-order valence-electron chi connectivity index (χ0n) is 11.6. The number of hydrogen-bond acceptors (Lipinski definition) is 3. The second-order valence-corrected chi connectivity index (χ2v) is 6.38. The lowest BCUT2D eigenvalue weighted by Gasteiger charge is -2.14. The van der Waals surface area contributed by atoms with Gasteiger partial charge in [0.2, 0.25) is 0 Å². The number of hydrogen-bond donors (Lipinski definition) is 1. The molecule has 0 bridgehead atoms. The first-order chi connectivity index (χ1) is 9.97. The van der Waals surface area contributed by atoms with E-state index in [-0.39, 0.29) is 11.5 Å². The summed E-state index contributed by atoms with van der Waals surface area (Å²) < 4.78 is 2.03. The number of aromatic nitrogens is 1. The third-order valence-electron chi connectivity index (χ3n) is 3.06. The first-order valence-corrected chi connectivity index (χ1v) is 8.04. The molecule has 21 heavy (non-hydrogen) atoms. The molecule has 7 heteroatoms. The van der Waals surface area contributed by atoms with Gasteiger partial charge in [-0.25, -0.2) is 0 Å². The summed E-state index contributed by atoms with van der Waals surface area (Å²) in [7, 11) is 0. The van der Waals surface area contributed by atoms with Crippen molar-refractivity contribution in [3.8, 4) is 0 Å². The minimum absolute atomic E-state index is 0.0745. The molecule has 2 rings (SSSR count). The van der Waals surface area contributed by atoms with E-state index < -0.39 is 0 Å². The number of anilines is 1. The topological polar surface area (TPSA) is 51.1 Å². The fourth-order valence-corrected chi connectivity index (χ4v) is 3.37. The molecule has 2 aromatic heterocycles. The Morgan fingerprint density at radius 1 is 1.33 bits per heavy atom. The molecule has 0 aliphatic heterocycles. The second-order valence-electron chi connectivity index (χ2n) is 4.32. The SMILES string of the molecule is CCc1c(NC(=O)c2cc(Cl)c(Cl)s2)ccc(=O)n1CC. The number of amides is 1. The molecule has 0 radical (unpaired) electrons. The Morgan fingerprint density at radius 3 is 2.57 bits per heavy atom. The second kappa shape index (κ2) is 6.64. The summed E-state index contributed by atoms with van der Waals surface area (Å²) in [5.41, 5.74) is 1.35. The van der Waals surface area contributed by atoms with Crippen LogP contribution in [0.25, 0.3) is 0 Å². The molecule has 0 atom stereocenters. The van der Waals surface area contributed by atoms with Crippen molar-refractivity contribution in [3.63, 3.8) is 0 Å². The summed E-state index contributed by atoms with van der Waals surface area (Å²) in [5, 5.41) is 3.18. The number of rotatable bonds is 4. The number of nitrogens with zero attached hydrogens (tertiary/aromatic N) is 1. The van der Waals surface area contributed by atoms with E-state index in [0.717, 1.165) is 17.0 Å². The minimum Gasteiger partial charge on any atom is -0.320 e. The summed E-state index contributed by atoms with van der Waals surface area (Å²) in [6.07, 6.45) is 0.644. The largest absolute Gasteiger partial charge is 0.320 e. The lowest BCUT2D eigenvalue weighted by atomic mass is 10.2. The number of nitrogens with one attached hydrogen (secondary N) is 1. The van der Waals surface area contributed by atoms with Gasteiger partial charge < -0.3 is 9.88 Å². The molecule has 2 aromatic rings. The fraction of sp³-hybridized carbons (Fsp3) is 0.286. The highest BCUT2D eigenvalue weighted by Crippen LogP contribution is 2.32. The molecule has 0 saturated heterocycles. The van der Waals surface area contributed by atoms with Crippen molar-refractivity contribution in [2.45, 2.75) is 26.8 Å². The van der Waals surface area contributed by atoms with E-state index in [1.54, 1.807) is 10.6 Å². The molecule has 0 aromatic carbocycles. The van der Waals surface area contributed by atoms with E-state index in [9.17, 15) is 9.59 Å². The van der Waals surface area contributed by atoms with E-state index in [0.29, 0.717) is 32.9 Å². The molecule has 0 saturated carbocycles. The monoisotopic (exact) mass is 344 g/mol. The fourth-order valence-electron chi connectivity index (χ4n) is 2.10. The minimum atomic E-state index is -0.287. The lowest BCUT2D eigenvalue weighted by molar-refractivity contribution is 0.103. The van der Waals surface area contributed by atoms with E-state index in [4.69, 9.17) is 23.2 Å². The van der Waals surface area contributed by atoms with Crippen LogP contribution < -0.4 is 10.9 Å². The Labute approximate surface area is 136 Å². The average molecular weight is 345 g/mol. The van der Waals surface area contributed by atoms with Gasteiger partial charge in [-0.2, -0.15) is 0 Å².